The Balaban J connectivity index is 1.47. The molecule has 2 saturated heterocycles. The van der Waals surface area contributed by atoms with Crippen LogP contribution in [0.15, 0.2) is 42.6 Å². The van der Waals surface area contributed by atoms with Crippen LogP contribution in [0.3, 0.4) is 0 Å². The van der Waals surface area contributed by atoms with Crippen LogP contribution < -0.4 is 4.90 Å². The number of benzene rings is 1. The summed E-state index contributed by atoms with van der Waals surface area (Å²) in [4.78, 5) is 35.5. The van der Waals surface area contributed by atoms with Crippen molar-refractivity contribution in [2.24, 2.45) is 5.92 Å². The highest BCUT2D eigenvalue weighted by atomic mass is 35.5. The van der Waals surface area contributed by atoms with Gasteiger partial charge in [0.05, 0.1) is 11.6 Å². The summed E-state index contributed by atoms with van der Waals surface area (Å²) >= 11 is 6.08. The van der Waals surface area contributed by atoms with Crippen molar-refractivity contribution in [3.05, 3.63) is 58.7 Å². The molecule has 0 saturated carbocycles. The molecular weight excluding hydrogens is 466 g/mol. The predicted octanol–water partition coefficient (Wildman–Crippen LogP) is 4.21. The Morgan fingerprint density at radius 2 is 1.83 bits per heavy atom. The van der Waals surface area contributed by atoms with E-state index < -0.39 is 6.09 Å². The fourth-order valence-corrected chi connectivity index (χ4v) is 5.41. The molecule has 35 heavy (non-hydrogen) atoms. The van der Waals surface area contributed by atoms with Crippen LogP contribution in [0.4, 0.5) is 10.6 Å². The van der Waals surface area contributed by atoms with Crippen LogP contribution in [0.5, 0.6) is 0 Å². The Bertz CT molecular complexity index is 1090. The number of carbonyl (C=O) groups is 2. The number of carbonyl (C=O) groups excluding carboxylic acids is 1. The molecule has 1 N–H and O–H groups in total. The van der Waals surface area contributed by atoms with Gasteiger partial charge in [-0.1, -0.05) is 23.7 Å². The number of nitriles is 1. The minimum atomic E-state index is -0.971. The molecule has 2 aliphatic heterocycles. The number of rotatable bonds is 5. The van der Waals surface area contributed by atoms with Crippen molar-refractivity contribution in [2.45, 2.75) is 44.7 Å². The first kappa shape index (κ1) is 24.8. The van der Waals surface area contributed by atoms with Crippen molar-refractivity contribution < 1.29 is 14.7 Å². The molecule has 0 radical (unpaired) electrons. The normalized spacial score (nSPS) is 20.7. The number of pyridine rings is 1. The second kappa shape index (κ2) is 10.5. The zero-order valence-electron chi connectivity index (χ0n) is 20.0. The third-order valence-electron chi connectivity index (χ3n) is 7.08. The number of anilines is 1. The smallest absolute Gasteiger partial charge is 0.407 e. The van der Waals surface area contributed by atoms with Crippen molar-refractivity contribution in [1.82, 2.24) is 14.8 Å². The topological polar surface area (TPSA) is 101 Å². The molecule has 1 aromatic carbocycles. The predicted molar refractivity (Wildman–Crippen MR) is 133 cm³/mol. The van der Waals surface area contributed by atoms with Crippen molar-refractivity contribution in [3.63, 3.8) is 0 Å². The maximum Gasteiger partial charge on any atom is 0.407 e. The number of aromatic nitrogens is 1. The number of piperidine rings is 1. The lowest BCUT2D eigenvalue weighted by molar-refractivity contribution is -0.135. The maximum absolute atomic E-state index is 13.5. The van der Waals surface area contributed by atoms with E-state index in [0.717, 1.165) is 11.4 Å². The largest absolute Gasteiger partial charge is 0.465 e. The lowest BCUT2D eigenvalue weighted by Crippen LogP contribution is -2.48. The van der Waals surface area contributed by atoms with E-state index in [2.05, 4.69) is 16.0 Å². The van der Waals surface area contributed by atoms with E-state index in [-0.39, 0.29) is 29.8 Å². The molecule has 4 rings (SSSR count). The molecule has 0 bridgehead atoms. The summed E-state index contributed by atoms with van der Waals surface area (Å²) in [5.74, 6) is 0.685. The van der Waals surface area contributed by atoms with E-state index in [1.54, 1.807) is 12.3 Å². The van der Waals surface area contributed by atoms with Crippen LogP contribution >= 0.6 is 11.6 Å². The van der Waals surface area contributed by atoms with Gasteiger partial charge in [-0.3, -0.25) is 4.79 Å². The molecule has 2 atom stereocenters. The molecule has 2 amide bonds. The molecule has 0 aliphatic carbocycles. The summed E-state index contributed by atoms with van der Waals surface area (Å²) in [6, 6.07) is 12.6. The highest BCUT2D eigenvalue weighted by Gasteiger charge is 2.43. The third kappa shape index (κ3) is 5.35. The van der Waals surface area contributed by atoms with Crippen molar-refractivity contribution in [1.29, 1.82) is 5.26 Å². The quantitative estimate of drug-likeness (QED) is 0.667. The Hall–Kier alpha value is -3.31. The zero-order valence-corrected chi connectivity index (χ0v) is 20.7. The molecule has 3 heterocycles. The van der Waals surface area contributed by atoms with Crippen LogP contribution in [0, 0.1) is 17.2 Å². The molecule has 184 valence electrons. The van der Waals surface area contributed by atoms with Crippen LogP contribution in [0.2, 0.25) is 5.02 Å². The van der Waals surface area contributed by atoms with E-state index in [1.807, 2.05) is 49.1 Å². The van der Waals surface area contributed by atoms with Crippen LogP contribution in [0.1, 0.15) is 43.7 Å². The lowest BCUT2D eigenvalue weighted by atomic mass is 9.92. The van der Waals surface area contributed by atoms with Gasteiger partial charge in [-0.15, -0.1) is 0 Å². The summed E-state index contributed by atoms with van der Waals surface area (Å²) in [6.45, 7) is 6.02. The van der Waals surface area contributed by atoms with Gasteiger partial charge in [0.1, 0.15) is 11.9 Å². The minimum absolute atomic E-state index is 0.0907. The number of hydrogen-bond acceptors (Lipinski definition) is 5. The number of amides is 2. The molecular formula is C26H30ClN5O3. The van der Waals surface area contributed by atoms with E-state index in [0.29, 0.717) is 49.6 Å². The molecule has 0 spiro atoms. The SMILES string of the molecule is CC(C)N(C(=O)O)[C@H]1CN(C(=O)C2CCN(c3ccc(C#N)cn3)CC2)C[C@@H]1c1ccc(Cl)cc1. The van der Waals surface area contributed by atoms with Gasteiger partial charge in [-0.25, -0.2) is 9.78 Å². The average molecular weight is 496 g/mol. The molecule has 8 nitrogen and oxygen atoms in total. The number of nitrogens with zero attached hydrogens (tertiary/aromatic N) is 5. The zero-order chi connectivity index (χ0) is 25.1. The Morgan fingerprint density at radius 1 is 1.14 bits per heavy atom. The fourth-order valence-electron chi connectivity index (χ4n) is 5.28. The molecule has 2 aliphatic rings. The van der Waals surface area contributed by atoms with Crippen molar-refractivity contribution in [3.8, 4) is 6.07 Å². The van der Waals surface area contributed by atoms with E-state index in [9.17, 15) is 14.7 Å². The monoisotopic (exact) mass is 495 g/mol. The Labute approximate surface area is 210 Å². The van der Waals surface area contributed by atoms with Gasteiger partial charge < -0.3 is 19.8 Å². The molecule has 2 fully saturated rings. The maximum atomic E-state index is 13.5. The molecule has 2 aromatic rings. The highest BCUT2D eigenvalue weighted by molar-refractivity contribution is 6.30. The average Bonchev–Trinajstić information content (AvgIpc) is 3.28. The number of carboxylic acid groups (broad SMARTS) is 1. The number of likely N-dealkylation sites (tertiary alicyclic amines) is 1. The van der Waals surface area contributed by atoms with Gasteiger partial charge in [0, 0.05) is 55.3 Å². The second-order valence-corrected chi connectivity index (χ2v) is 9.97. The molecule has 0 unspecified atom stereocenters. The fraction of sp³-hybridized carbons (Fsp3) is 0.462. The first-order valence-corrected chi connectivity index (χ1v) is 12.3. The van der Waals surface area contributed by atoms with Gasteiger partial charge in [0.25, 0.3) is 0 Å². The van der Waals surface area contributed by atoms with Gasteiger partial charge in [0.2, 0.25) is 5.91 Å². The van der Waals surface area contributed by atoms with E-state index in [1.165, 1.54) is 4.90 Å². The van der Waals surface area contributed by atoms with Gasteiger partial charge in [-0.05, 0) is 56.5 Å². The summed E-state index contributed by atoms with van der Waals surface area (Å²) < 4.78 is 0. The third-order valence-corrected chi connectivity index (χ3v) is 7.33. The minimum Gasteiger partial charge on any atom is -0.465 e. The first-order chi connectivity index (χ1) is 16.8. The van der Waals surface area contributed by atoms with Crippen molar-refractivity contribution >= 4 is 29.4 Å². The van der Waals surface area contributed by atoms with Crippen LogP contribution in [-0.2, 0) is 4.79 Å². The van der Waals surface area contributed by atoms with Crippen LogP contribution in [-0.4, -0.2) is 70.2 Å². The lowest BCUT2D eigenvalue weighted by Gasteiger charge is -2.34. The molecule has 1 aromatic heterocycles. The Kier molecular flexibility index (Phi) is 7.46. The summed E-state index contributed by atoms with van der Waals surface area (Å²) in [7, 11) is 0. The summed E-state index contributed by atoms with van der Waals surface area (Å²) in [5, 5.41) is 19.5. The van der Waals surface area contributed by atoms with Crippen molar-refractivity contribution in [2.75, 3.05) is 31.1 Å². The summed E-state index contributed by atoms with van der Waals surface area (Å²) in [5.41, 5.74) is 1.51. The summed E-state index contributed by atoms with van der Waals surface area (Å²) in [6.07, 6.45) is 2.01. The number of hydrogen-bond donors (Lipinski definition) is 1. The first-order valence-electron chi connectivity index (χ1n) is 11.9. The highest BCUT2D eigenvalue weighted by Crippen LogP contribution is 2.35. The van der Waals surface area contributed by atoms with Gasteiger partial charge >= 0.3 is 6.09 Å². The van der Waals surface area contributed by atoms with Crippen LogP contribution in [0.25, 0.3) is 0 Å². The molecule has 9 heteroatoms. The van der Waals surface area contributed by atoms with E-state index in [4.69, 9.17) is 16.9 Å². The standard InChI is InChI=1S/C26H30ClN5O3/c1-17(2)32(26(34)35)23-16-31(15-22(23)19-4-6-21(27)7-5-19)25(33)20-9-11-30(12-10-20)24-8-3-18(13-28)14-29-24/h3-8,14,17,20,22-23H,9-12,15-16H2,1-2H3,(H,34,35)/t22-,23+/m1/s1. The Morgan fingerprint density at radius 3 is 2.37 bits per heavy atom. The number of halogens is 1. The van der Waals surface area contributed by atoms with E-state index >= 15 is 0 Å². The van der Waals surface area contributed by atoms with Gasteiger partial charge in [0.15, 0.2) is 0 Å². The second-order valence-electron chi connectivity index (χ2n) is 9.53. The van der Waals surface area contributed by atoms with Gasteiger partial charge in [-0.2, -0.15) is 5.26 Å².